The third kappa shape index (κ3) is 4.24. The highest BCUT2D eigenvalue weighted by Gasteiger charge is 2.33. The maximum Gasteiger partial charge on any atom is 0.0920 e. The number of rotatable bonds is 4. The second-order valence-electron chi connectivity index (χ2n) is 7.38. The molecule has 0 aliphatic carbocycles. The maximum absolute atomic E-state index is 11.2. The average Bonchev–Trinajstić information content (AvgIpc) is 2.71. The molecule has 0 radical (unpaired) electrons. The first-order valence-electron chi connectivity index (χ1n) is 9.48. The van der Waals surface area contributed by atoms with Crippen LogP contribution in [0.3, 0.4) is 0 Å². The van der Waals surface area contributed by atoms with E-state index in [0.29, 0.717) is 0 Å². The summed E-state index contributed by atoms with van der Waals surface area (Å²) in [5.74, 6) is 0. The van der Waals surface area contributed by atoms with E-state index in [4.69, 9.17) is 11.6 Å². The lowest BCUT2D eigenvalue weighted by atomic mass is 9.83. The summed E-state index contributed by atoms with van der Waals surface area (Å²) in [7, 11) is 0. The third-order valence-corrected chi connectivity index (χ3v) is 5.78. The molecule has 1 aliphatic heterocycles. The highest BCUT2D eigenvalue weighted by Crippen LogP contribution is 2.34. The molecule has 0 bridgehead atoms. The van der Waals surface area contributed by atoms with Crippen LogP contribution in [0.15, 0.2) is 78.9 Å². The number of halogens is 1. The second kappa shape index (κ2) is 7.85. The van der Waals surface area contributed by atoms with Crippen molar-refractivity contribution in [3.63, 3.8) is 0 Å². The van der Waals surface area contributed by atoms with E-state index in [2.05, 4.69) is 53.4 Å². The van der Waals surface area contributed by atoms with Crippen molar-refractivity contribution in [3.05, 3.63) is 95.0 Å². The Hall–Kier alpha value is -2.13. The van der Waals surface area contributed by atoms with Crippen molar-refractivity contribution in [1.82, 2.24) is 4.90 Å². The summed E-state index contributed by atoms with van der Waals surface area (Å²) in [6.07, 6.45) is 1.53. The number of aliphatic hydroxyl groups is 1. The minimum absolute atomic E-state index is 0.730. The molecule has 4 rings (SSSR count). The highest BCUT2D eigenvalue weighted by molar-refractivity contribution is 6.30. The lowest BCUT2D eigenvalue weighted by Crippen LogP contribution is -2.42. The van der Waals surface area contributed by atoms with Crippen molar-refractivity contribution in [3.8, 4) is 11.1 Å². The quantitative estimate of drug-likeness (QED) is 0.649. The molecule has 2 nitrogen and oxygen atoms in total. The molecule has 1 aliphatic rings. The summed E-state index contributed by atoms with van der Waals surface area (Å²) in [4.78, 5) is 2.42. The Bertz CT molecular complexity index is 867. The van der Waals surface area contributed by atoms with E-state index < -0.39 is 5.60 Å². The van der Waals surface area contributed by atoms with Crippen LogP contribution in [0.5, 0.6) is 0 Å². The van der Waals surface area contributed by atoms with Gasteiger partial charge in [-0.3, -0.25) is 4.90 Å². The first kappa shape index (κ1) is 18.2. The zero-order valence-electron chi connectivity index (χ0n) is 15.3. The van der Waals surface area contributed by atoms with Crippen LogP contribution in [-0.4, -0.2) is 23.1 Å². The Balaban J connectivity index is 1.42. The molecule has 1 heterocycles. The van der Waals surface area contributed by atoms with Crippen molar-refractivity contribution < 1.29 is 5.11 Å². The summed E-state index contributed by atoms with van der Waals surface area (Å²) in [6.45, 7) is 2.76. The minimum atomic E-state index is -0.730. The first-order chi connectivity index (χ1) is 13.1. The van der Waals surface area contributed by atoms with Crippen LogP contribution in [-0.2, 0) is 12.1 Å². The first-order valence-corrected chi connectivity index (χ1v) is 9.85. The molecule has 0 spiro atoms. The van der Waals surface area contributed by atoms with Gasteiger partial charge in [0.05, 0.1) is 5.60 Å². The molecular weight excluding hydrogens is 354 g/mol. The Morgan fingerprint density at radius 1 is 0.778 bits per heavy atom. The predicted molar refractivity (Wildman–Crippen MR) is 112 cm³/mol. The topological polar surface area (TPSA) is 23.5 Å². The van der Waals surface area contributed by atoms with Gasteiger partial charge in [0.2, 0.25) is 0 Å². The van der Waals surface area contributed by atoms with Crippen molar-refractivity contribution >= 4 is 11.6 Å². The molecule has 3 aromatic carbocycles. The monoisotopic (exact) mass is 377 g/mol. The van der Waals surface area contributed by atoms with Crippen molar-refractivity contribution in [2.45, 2.75) is 25.0 Å². The Kier molecular flexibility index (Phi) is 5.31. The largest absolute Gasteiger partial charge is 0.385 e. The van der Waals surface area contributed by atoms with Gasteiger partial charge in [-0.1, -0.05) is 78.3 Å². The molecule has 1 N–H and O–H groups in total. The van der Waals surface area contributed by atoms with Gasteiger partial charge in [-0.2, -0.15) is 0 Å². The van der Waals surface area contributed by atoms with E-state index >= 15 is 0 Å². The second-order valence-corrected chi connectivity index (χ2v) is 7.81. The number of hydrogen-bond acceptors (Lipinski definition) is 2. The molecule has 0 saturated carbocycles. The molecule has 0 unspecified atom stereocenters. The van der Waals surface area contributed by atoms with Gasteiger partial charge >= 0.3 is 0 Å². The fourth-order valence-corrected chi connectivity index (χ4v) is 3.95. The highest BCUT2D eigenvalue weighted by atomic mass is 35.5. The SMILES string of the molecule is OC1(c2ccc(-c3ccc(Cl)cc3)cc2)CCN(Cc2ccccc2)CC1. The van der Waals surface area contributed by atoms with E-state index in [9.17, 15) is 5.11 Å². The Morgan fingerprint density at radius 3 is 1.93 bits per heavy atom. The summed E-state index contributed by atoms with van der Waals surface area (Å²) in [5.41, 5.74) is 3.89. The Morgan fingerprint density at radius 2 is 1.33 bits per heavy atom. The molecule has 27 heavy (non-hydrogen) atoms. The van der Waals surface area contributed by atoms with Gasteiger partial charge in [-0.25, -0.2) is 0 Å². The van der Waals surface area contributed by atoms with Crippen LogP contribution < -0.4 is 0 Å². The maximum atomic E-state index is 11.2. The van der Waals surface area contributed by atoms with Crippen LogP contribution >= 0.6 is 11.6 Å². The summed E-state index contributed by atoms with van der Waals surface area (Å²) in [6, 6.07) is 26.7. The third-order valence-electron chi connectivity index (χ3n) is 5.53. The summed E-state index contributed by atoms with van der Waals surface area (Å²) < 4.78 is 0. The normalized spacial score (nSPS) is 17.0. The smallest absolute Gasteiger partial charge is 0.0920 e. The van der Waals surface area contributed by atoms with E-state index in [-0.39, 0.29) is 0 Å². The number of piperidine rings is 1. The number of hydrogen-bond donors (Lipinski definition) is 1. The molecular formula is C24H24ClNO. The zero-order chi connectivity index (χ0) is 18.7. The van der Waals surface area contributed by atoms with E-state index in [1.165, 1.54) is 5.56 Å². The lowest BCUT2D eigenvalue weighted by Gasteiger charge is -2.38. The van der Waals surface area contributed by atoms with Gasteiger partial charge in [0.1, 0.15) is 0 Å². The molecule has 0 atom stereocenters. The molecule has 138 valence electrons. The molecule has 1 saturated heterocycles. The molecule has 3 aromatic rings. The van der Waals surface area contributed by atoms with Crippen molar-refractivity contribution in [2.24, 2.45) is 0 Å². The van der Waals surface area contributed by atoms with Crippen LogP contribution in [0.25, 0.3) is 11.1 Å². The van der Waals surface area contributed by atoms with E-state index in [0.717, 1.165) is 54.2 Å². The zero-order valence-corrected chi connectivity index (χ0v) is 16.1. The van der Waals surface area contributed by atoms with E-state index in [1.807, 2.05) is 30.3 Å². The fourth-order valence-electron chi connectivity index (χ4n) is 3.83. The standard InChI is InChI=1S/C24H24ClNO/c25-23-12-8-21(9-13-23)20-6-10-22(11-7-20)24(27)14-16-26(17-15-24)18-19-4-2-1-3-5-19/h1-13,27H,14-18H2. The number of nitrogens with zero attached hydrogens (tertiary/aromatic N) is 1. The molecule has 0 amide bonds. The molecule has 0 aromatic heterocycles. The number of benzene rings is 3. The Labute approximate surface area is 166 Å². The van der Waals surface area contributed by atoms with Crippen LogP contribution in [0, 0.1) is 0 Å². The van der Waals surface area contributed by atoms with Crippen molar-refractivity contribution in [1.29, 1.82) is 0 Å². The van der Waals surface area contributed by atoms with Gasteiger partial charge in [0.25, 0.3) is 0 Å². The van der Waals surface area contributed by atoms with Crippen molar-refractivity contribution in [2.75, 3.05) is 13.1 Å². The fraction of sp³-hybridized carbons (Fsp3) is 0.250. The van der Waals surface area contributed by atoms with Crippen LogP contribution in [0.1, 0.15) is 24.0 Å². The van der Waals surface area contributed by atoms with Gasteiger partial charge < -0.3 is 5.11 Å². The predicted octanol–water partition coefficient (Wildman–Crippen LogP) is 5.49. The van der Waals surface area contributed by atoms with Crippen LogP contribution in [0.4, 0.5) is 0 Å². The molecule has 3 heteroatoms. The number of likely N-dealkylation sites (tertiary alicyclic amines) is 1. The van der Waals surface area contributed by atoms with Crippen LogP contribution in [0.2, 0.25) is 5.02 Å². The van der Waals surface area contributed by atoms with Gasteiger partial charge in [0.15, 0.2) is 0 Å². The molecule has 1 fully saturated rings. The lowest BCUT2D eigenvalue weighted by molar-refractivity contribution is -0.0277. The van der Waals surface area contributed by atoms with Gasteiger partial charge in [-0.05, 0) is 47.2 Å². The van der Waals surface area contributed by atoms with E-state index in [1.54, 1.807) is 0 Å². The average molecular weight is 378 g/mol. The summed E-state index contributed by atoms with van der Waals surface area (Å²) >= 11 is 5.97. The van der Waals surface area contributed by atoms with Gasteiger partial charge in [0, 0.05) is 24.7 Å². The minimum Gasteiger partial charge on any atom is -0.385 e. The summed E-state index contributed by atoms with van der Waals surface area (Å²) in [5, 5.41) is 11.9. The van der Waals surface area contributed by atoms with Gasteiger partial charge in [-0.15, -0.1) is 0 Å².